The minimum absolute atomic E-state index is 0.0429. The molecule has 2 aliphatic heterocycles. The number of para-hydroxylation sites is 1. The maximum absolute atomic E-state index is 12.1. The summed E-state index contributed by atoms with van der Waals surface area (Å²) in [5.41, 5.74) is 0.892. The summed E-state index contributed by atoms with van der Waals surface area (Å²) < 4.78 is 0. The monoisotopic (exact) mass is 244 g/mol. The number of amides is 1. The van der Waals surface area contributed by atoms with Crippen molar-refractivity contribution in [1.82, 2.24) is 4.90 Å². The molecule has 0 spiro atoms. The van der Waals surface area contributed by atoms with Crippen LogP contribution in [0.1, 0.15) is 19.3 Å². The van der Waals surface area contributed by atoms with E-state index in [2.05, 4.69) is 0 Å². The van der Waals surface area contributed by atoms with Crippen molar-refractivity contribution in [3.05, 3.63) is 42.3 Å². The van der Waals surface area contributed by atoms with Crippen molar-refractivity contribution < 1.29 is 9.90 Å². The number of piperidine rings is 1. The molecule has 0 bridgehead atoms. The number of anilines is 1. The van der Waals surface area contributed by atoms with Gasteiger partial charge in [0, 0.05) is 12.2 Å². The van der Waals surface area contributed by atoms with Gasteiger partial charge in [-0.1, -0.05) is 18.2 Å². The van der Waals surface area contributed by atoms with Crippen LogP contribution in [0.3, 0.4) is 0 Å². The number of carbonyl (C=O) groups excluding carboxylic acids is 1. The first kappa shape index (κ1) is 11.1. The van der Waals surface area contributed by atoms with Gasteiger partial charge in [0.15, 0.2) is 5.88 Å². The Morgan fingerprint density at radius 1 is 1.17 bits per heavy atom. The van der Waals surface area contributed by atoms with Crippen molar-refractivity contribution in [3.8, 4) is 0 Å². The van der Waals surface area contributed by atoms with Gasteiger partial charge >= 0.3 is 0 Å². The molecule has 4 heteroatoms. The maximum Gasteiger partial charge on any atom is 0.258 e. The summed E-state index contributed by atoms with van der Waals surface area (Å²) >= 11 is 0. The van der Waals surface area contributed by atoms with Crippen molar-refractivity contribution in [2.75, 3.05) is 11.4 Å². The van der Waals surface area contributed by atoms with Gasteiger partial charge in [0.1, 0.15) is 6.17 Å². The SMILES string of the molecule is O=C1C=C(O)N2CCCCC2N1c1ccccc1. The average Bonchev–Trinajstić information content (AvgIpc) is 2.40. The molecule has 0 aromatic heterocycles. The first-order valence-corrected chi connectivity index (χ1v) is 6.33. The molecule has 0 radical (unpaired) electrons. The van der Waals surface area contributed by atoms with Crippen LogP contribution >= 0.6 is 0 Å². The molecule has 1 N–H and O–H groups in total. The van der Waals surface area contributed by atoms with E-state index in [0.717, 1.165) is 31.5 Å². The third-order valence-corrected chi connectivity index (χ3v) is 3.59. The predicted octanol–water partition coefficient (Wildman–Crippen LogP) is 2.24. The molecule has 2 aliphatic rings. The van der Waals surface area contributed by atoms with E-state index in [-0.39, 0.29) is 18.0 Å². The summed E-state index contributed by atoms with van der Waals surface area (Å²) in [6, 6.07) is 9.65. The van der Waals surface area contributed by atoms with Crippen LogP contribution in [-0.4, -0.2) is 28.6 Å². The van der Waals surface area contributed by atoms with Gasteiger partial charge in [-0.2, -0.15) is 0 Å². The Kier molecular flexibility index (Phi) is 2.70. The molecule has 18 heavy (non-hydrogen) atoms. The number of rotatable bonds is 1. The predicted molar refractivity (Wildman–Crippen MR) is 69.0 cm³/mol. The zero-order valence-electron chi connectivity index (χ0n) is 10.1. The molecule has 4 nitrogen and oxygen atoms in total. The van der Waals surface area contributed by atoms with Crippen LogP contribution in [0, 0.1) is 0 Å². The lowest BCUT2D eigenvalue weighted by Gasteiger charge is -2.45. The lowest BCUT2D eigenvalue weighted by molar-refractivity contribution is -0.117. The molecule has 1 unspecified atom stereocenters. The highest BCUT2D eigenvalue weighted by molar-refractivity contribution is 6.02. The zero-order valence-corrected chi connectivity index (χ0v) is 10.1. The standard InChI is InChI=1S/C14H16N2O2/c17-13-10-14(18)16(11-6-2-1-3-7-11)12-8-4-5-9-15(12)13/h1-3,6-7,10,12,17H,4-5,8-9H2. The molecule has 1 aromatic carbocycles. The third kappa shape index (κ3) is 1.74. The molecule has 0 saturated carbocycles. The molecular weight excluding hydrogens is 228 g/mol. The Balaban J connectivity index is 2.00. The maximum atomic E-state index is 12.1. The Hall–Kier alpha value is -1.97. The van der Waals surface area contributed by atoms with E-state index in [9.17, 15) is 9.90 Å². The minimum Gasteiger partial charge on any atom is -0.494 e. The molecule has 94 valence electrons. The molecule has 1 aromatic rings. The van der Waals surface area contributed by atoms with Crippen LogP contribution in [0.25, 0.3) is 0 Å². The van der Waals surface area contributed by atoms with Gasteiger partial charge in [0.2, 0.25) is 0 Å². The number of aliphatic hydroxyl groups excluding tert-OH is 1. The highest BCUT2D eigenvalue weighted by atomic mass is 16.3. The minimum atomic E-state index is -0.137. The lowest BCUT2D eigenvalue weighted by atomic mass is 10.0. The third-order valence-electron chi connectivity index (χ3n) is 3.59. The molecule has 3 rings (SSSR count). The van der Waals surface area contributed by atoms with E-state index in [0.29, 0.717) is 0 Å². The molecule has 1 saturated heterocycles. The Morgan fingerprint density at radius 2 is 1.94 bits per heavy atom. The van der Waals surface area contributed by atoms with E-state index in [1.165, 1.54) is 6.08 Å². The van der Waals surface area contributed by atoms with Crippen LogP contribution < -0.4 is 4.90 Å². The van der Waals surface area contributed by atoms with Gasteiger partial charge in [-0.05, 0) is 31.4 Å². The highest BCUT2D eigenvalue weighted by Gasteiger charge is 2.36. The second-order valence-corrected chi connectivity index (χ2v) is 4.72. The topological polar surface area (TPSA) is 43.8 Å². The van der Waals surface area contributed by atoms with Crippen LogP contribution in [-0.2, 0) is 4.79 Å². The smallest absolute Gasteiger partial charge is 0.258 e. The Bertz CT molecular complexity index is 484. The van der Waals surface area contributed by atoms with Crippen LogP contribution in [0.4, 0.5) is 5.69 Å². The van der Waals surface area contributed by atoms with Crippen molar-refractivity contribution in [2.24, 2.45) is 0 Å². The van der Waals surface area contributed by atoms with Gasteiger partial charge in [-0.15, -0.1) is 0 Å². The van der Waals surface area contributed by atoms with Crippen molar-refractivity contribution in [1.29, 1.82) is 0 Å². The van der Waals surface area contributed by atoms with Gasteiger partial charge in [-0.25, -0.2) is 0 Å². The Morgan fingerprint density at radius 3 is 2.72 bits per heavy atom. The number of carbonyl (C=O) groups is 1. The molecule has 2 heterocycles. The van der Waals surface area contributed by atoms with Crippen molar-refractivity contribution in [3.63, 3.8) is 0 Å². The molecule has 1 amide bonds. The van der Waals surface area contributed by atoms with Gasteiger partial charge in [0.25, 0.3) is 5.91 Å². The highest BCUT2D eigenvalue weighted by Crippen LogP contribution is 2.31. The number of benzene rings is 1. The molecular formula is C14H16N2O2. The van der Waals surface area contributed by atoms with E-state index >= 15 is 0 Å². The van der Waals surface area contributed by atoms with Gasteiger partial charge < -0.3 is 10.0 Å². The first-order chi connectivity index (χ1) is 8.77. The fourth-order valence-corrected chi connectivity index (χ4v) is 2.75. The summed E-state index contributed by atoms with van der Waals surface area (Å²) in [6.07, 6.45) is 4.32. The van der Waals surface area contributed by atoms with Crippen molar-refractivity contribution in [2.45, 2.75) is 25.4 Å². The second-order valence-electron chi connectivity index (χ2n) is 4.72. The van der Waals surface area contributed by atoms with Gasteiger partial charge in [0.05, 0.1) is 6.08 Å². The number of fused-ring (bicyclic) bond motifs is 1. The molecule has 0 aliphatic carbocycles. The fraction of sp³-hybridized carbons (Fsp3) is 0.357. The normalized spacial score (nSPS) is 23.7. The number of hydrogen-bond acceptors (Lipinski definition) is 3. The number of nitrogens with zero attached hydrogens (tertiary/aromatic N) is 2. The van der Waals surface area contributed by atoms with E-state index < -0.39 is 0 Å². The van der Waals surface area contributed by atoms with Crippen molar-refractivity contribution >= 4 is 11.6 Å². The fourth-order valence-electron chi connectivity index (χ4n) is 2.75. The quantitative estimate of drug-likeness (QED) is 0.824. The largest absolute Gasteiger partial charge is 0.494 e. The van der Waals surface area contributed by atoms with E-state index in [4.69, 9.17) is 0 Å². The molecule has 1 atom stereocenters. The van der Waals surface area contributed by atoms with Gasteiger partial charge in [-0.3, -0.25) is 9.69 Å². The first-order valence-electron chi connectivity index (χ1n) is 6.33. The van der Waals surface area contributed by atoms with E-state index in [1.54, 1.807) is 4.90 Å². The van der Waals surface area contributed by atoms with Crippen LogP contribution in [0.2, 0.25) is 0 Å². The van der Waals surface area contributed by atoms with Crippen LogP contribution in [0.15, 0.2) is 42.3 Å². The van der Waals surface area contributed by atoms with E-state index in [1.807, 2.05) is 35.2 Å². The zero-order chi connectivity index (χ0) is 12.5. The Labute approximate surface area is 106 Å². The summed E-state index contributed by atoms with van der Waals surface area (Å²) in [4.78, 5) is 15.8. The molecule has 1 fully saturated rings. The summed E-state index contributed by atoms with van der Waals surface area (Å²) in [5, 5.41) is 9.88. The summed E-state index contributed by atoms with van der Waals surface area (Å²) in [5.74, 6) is -0.0290. The van der Waals surface area contributed by atoms with Crippen LogP contribution in [0.5, 0.6) is 0 Å². The number of hydrogen-bond donors (Lipinski definition) is 1. The second kappa shape index (κ2) is 4.37. The summed E-state index contributed by atoms with van der Waals surface area (Å²) in [6.45, 7) is 0.809. The average molecular weight is 244 g/mol. The lowest BCUT2D eigenvalue weighted by Crippen LogP contribution is -2.55. The number of aliphatic hydroxyl groups is 1. The summed E-state index contributed by atoms with van der Waals surface area (Å²) in [7, 11) is 0.